The van der Waals surface area contributed by atoms with E-state index in [1.807, 2.05) is 6.07 Å². The molecule has 2 N–H and O–H groups in total. The summed E-state index contributed by atoms with van der Waals surface area (Å²) in [5.74, 6) is 0.599. The Morgan fingerprint density at radius 2 is 2.35 bits per heavy atom. The summed E-state index contributed by atoms with van der Waals surface area (Å²) in [4.78, 5) is 11.3. The number of fused-ring (bicyclic) bond motifs is 1. The fourth-order valence-corrected chi connectivity index (χ4v) is 1.48. The smallest absolute Gasteiger partial charge is 0.364 e. The molecule has 3 aromatic rings. The zero-order valence-electron chi connectivity index (χ0n) is 8.75. The minimum atomic E-state index is -0.355. The van der Waals surface area contributed by atoms with Crippen LogP contribution in [0.5, 0.6) is 0 Å². The maximum atomic E-state index is 11.3. The van der Waals surface area contributed by atoms with Crippen LogP contribution in [0.25, 0.3) is 5.65 Å². The number of rotatable bonds is 3. The third-order valence-electron chi connectivity index (χ3n) is 2.33. The zero-order chi connectivity index (χ0) is 11.7. The van der Waals surface area contributed by atoms with Gasteiger partial charge in [-0.2, -0.15) is 9.61 Å². The van der Waals surface area contributed by atoms with Gasteiger partial charge in [0.25, 0.3) is 0 Å². The molecular formula is C10H9N5O2. The minimum Gasteiger partial charge on any atom is -0.472 e. The largest absolute Gasteiger partial charge is 0.472 e. The third-order valence-corrected chi connectivity index (χ3v) is 2.33. The molecule has 0 bridgehead atoms. The number of anilines is 1. The topological polar surface area (TPSA) is 88.2 Å². The molecule has 7 heteroatoms. The molecule has 0 amide bonds. The van der Waals surface area contributed by atoms with Crippen molar-refractivity contribution in [1.82, 2.24) is 19.8 Å². The average molecular weight is 231 g/mol. The van der Waals surface area contributed by atoms with Crippen LogP contribution in [0.4, 0.5) is 5.82 Å². The van der Waals surface area contributed by atoms with E-state index in [1.54, 1.807) is 24.7 Å². The summed E-state index contributed by atoms with van der Waals surface area (Å²) in [7, 11) is 0. The standard InChI is InChI=1S/C10H9N5O2/c16-10-13-12-9-2-1-8(14-15(9)10)11-5-7-3-4-17-6-7/h1-4,6H,5H2,(H,11,14)(H,13,16). The van der Waals surface area contributed by atoms with Gasteiger partial charge in [-0.05, 0) is 18.2 Å². The van der Waals surface area contributed by atoms with Gasteiger partial charge in [-0.15, -0.1) is 5.10 Å². The molecule has 3 aromatic heterocycles. The number of hydrogen-bond donors (Lipinski definition) is 2. The first-order valence-corrected chi connectivity index (χ1v) is 5.02. The van der Waals surface area contributed by atoms with E-state index in [4.69, 9.17) is 4.42 Å². The Labute approximate surface area is 95.1 Å². The summed E-state index contributed by atoms with van der Waals surface area (Å²) in [6, 6.07) is 5.33. The number of nitrogens with zero attached hydrogens (tertiary/aromatic N) is 3. The van der Waals surface area contributed by atoms with Gasteiger partial charge in [0.1, 0.15) is 5.82 Å². The van der Waals surface area contributed by atoms with Gasteiger partial charge >= 0.3 is 5.69 Å². The van der Waals surface area contributed by atoms with E-state index >= 15 is 0 Å². The molecule has 0 spiro atoms. The lowest BCUT2D eigenvalue weighted by Gasteiger charge is -2.02. The molecule has 3 heterocycles. The Balaban J connectivity index is 1.85. The first-order chi connectivity index (χ1) is 8.33. The van der Waals surface area contributed by atoms with Crippen molar-refractivity contribution in [2.24, 2.45) is 0 Å². The van der Waals surface area contributed by atoms with Crippen LogP contribution < -0.4 is 11.0 Å². The lowest BCUT2D eigenvalue weighted by molar-refractivity contribution is 0.564. The van der Waals surface area contributed by atoms with Crippen molar-refractivity contribution in [3.8, 4) is 0 Å². The first-order valence-electron chi connectivity index (χ1n) is 5.02. The quantitative estimate of drug-likeness (QED) is 0.690. The summed E-state index contributed by atoms with van der Waals surface area (Å²) in [5.41, 5.74) is 1.14. The fraction of sp³-hybridized carbons (Fsp3) is 0.100. The molecule has 0 saturated heterocycles. The van der Waals surface area contributed by atoms with E-state index in [-0.39, 0.29) is 5.69 Å². The Morgan fingerprint density at radius 1 is 1.41 bits per heavy atom. The molecule has 0 fully saturated rings. The second-order valence-electron chi connectivity index (χ2n) is 3.50. The molecular weight excluding hydrogens is 222 g/mol. The van der Waals surface area contributed by atoms with E-state index in [9.17, 15) is 4.79 Å². The molecule has 0 aliphatic carbocycles. The van der Waals surface area contributed by atoms with Gasteiger partial charge in [-0.1, -0.05) is 0 Å². The third kappa shape index (κ3) is 1.78. The zero-order valence-corrected chi connectivity index (χ0v) is 8.75. The van der Waals surface area contributed by atoms with E-state index < -0.39 is 0 Å². The highest BCUT2D eigenvalue weighted by Crippen LogP contribution is 2.06. The molecule has 86 valence electrons. The number of aromatic amines is 1. The number of nitrogens with one attached hydrogen (secondary N) is 2. The number of H-pyrrole nitrogens is 1. The van der Waals surface area contributed by atoms with Crippen LogP contribution in [0.3, 0.4) is 0 Å². The van der Waals surface area contributed by atoms with Crippen LogP contribution in [0, 0.1) is 0 Å². The second-order valence-corrected chi connectivity index (χ2v) is 3.50. The van der Waals surface area contributed by atoms with Gasteiger partial charge in [0.05, 0.1) is 12.5 Å². The van der Waals surface area contributed by atoms with Crippen molar-refractivity contribution in [2.75, 3.05) is 5.32 Å². The van der Waals surface area contributed by atoms with Crippen LogP contribution >= 0.6 is 0 Å². The molecule has 0 radical (unpaired) electrons. The monoisotopic (exact) mass is 231 g/mol. The van der Waals surface area contributed by atoms with Gasteiger partial charge < -0.3 is 9.73 Å². The predicted octanol–water partition coefficient (Wildman–Crippen LogP) is 0.623. The van der Waals surface area contributed by atoms with Gasteiger partial charge in [0, 0.05) is 12.1 Å². The van der Waals surface area contributed by atoms with Crippen LogP contribution in [0.1, 0.15) is 5.56 Å². The van der Waals surface area contributed by atoms with E-state index in [1.165, 1.54) is 4.52 Å². The molecule has 17 heavy (non-hydrogen) atoms. The van der Waals surface area contributed by atoms with Crippen LogP contribution in [0.15, 0.2) is 39.9 Å². The summed E-state index contributed by atoms with van der Waals surface area (Å²) in [6.07, 6.45) is 3.25. The van der Waals surface area contributed by atoms with Crippen molar-refractivity contribution in [3.63, 3.8) is 0 Å². The van der Waals surface area contributed by atoms with Crippen LogP contribution in [0.2, 0.25) is 0 Å². The molecule has 0 unspecified atom stereocenters. The van der Waals surface area contributed by atoms with Crippen LogP contribution in [-0.4, -0.2) is 19.8 Å². The SMILES string of the molecule is O=c1[nH]nc2ccc(NCc3ccoc3)nn12. The van der Waals surface area contributed by atoms with Crippen molar-refractivity contribution in [2.45, 2.75) is 6.54 Å². The van der Waals surface area contributed by atoms with Gasteiger partial charge in [-0.25, -0.2) is 9.89 Å². The highest BCUT2D eigenvalue weighted by molar-refractivity contribution is 5.43. The lowest BCUT2D eigenvalue weighted by atomic mass is 10.3. The second kappa shape index (κ2) is 3.78. The van der Waals surface area contributed by atoms with E-state index in [0.717, 1.165) is 5.56 Å². The van der Waals surface area contributed by atoms with Crippen molar-refractivity contribution in [3.05, 3.63) is 46.8 Å². The Morgan fingerprint density at radius 3 is 3.18 bits per heavy atom. The molecule has 0 aliphatic rings. The molecule has 3 rings (SSSR count). The molecule has 0 aromatic carbocycles. The normalized spacial score (nSPS) is 10.8. The van der Waals surface area contributed by atoms with E-state index in [0.29, 0.717) is 18.0 Å². The summed E-state index contributed by atoms with van der Waals surface area (Å²) >= 11 is 0. The van der Waals surface area contributed by atoms with Gasteiger partial charge in [0.15, 0.2) is 5.65 Å². The Hall–Kier alpha value is -2.57. The maximum Gasteiger partial charge on any atom is 0.364 e. The Bertz CT molecular complexity index is 682. The summed E-state index contributed by atoms with van der Waals surface area (Å²) in [5, 5.41) is 13.3. The summed E-state index contributed by atoms with van der Waals surface area (Å²) < 4.78 is 6.16. The maximum absolute atomic E-state index is 11.3. The number of aromatic nitrogens is 4. The predicted molar refractivity (Wildman–Crippen MR) is 59.6 cm³/mol. The molecule has 0 aliphatic heterocycles. The number of hydrogen-bond acceptors (Lipinski definition) is 5. The van der Waals surface area contributed by atoms with Crippen molar-refractivity contribution < 1.29 is 4.42 Å². The minimum absolute atomic E-state index is 0.355. The molecule has 0 saturated carbocycles. The molecule has 0 atom stereocenters. The summed E-state index contributed by atoms with van der Waals surface area (Å²) in [6.45, 7) is 0.585. The van der Waals surface area contributed by atoms with Crippen molar-refractivity contribution in [1.29, 1.82) is 0 Å². The van der Waals surface area contributed by atoms with E-state index in [2.05, 4.69) is 20.6 Å². The highest BCUT2D eigenvalue weighted by atomic mass is 16.3. The first kappa shape index (κ1) is 9.64. The van der Waals surface area contributed by atoms with Gasteiger partial charge in [0.2, 0.25) is 0 Å². The Kier molecular flexibility index (Phi) is 2.14. The van der Waals surface area contributed by atoms with Gasteiger partial charge in [-0.3, -0.25) is 0 Å². The number of furan rings is 1. The average Bonchev–Trinajstić information content (AvgIpc) is 2.97. The van der Waals surface area contributed by atoms with Crippen LogP contribution in [-0.2, 0) is 6.54 Å². The fourth-order valence-electron chi connectivity index (χ4n) is 1.48. The molecule has 7 nitrogen and oxygen atoms in total. The van der Waals surface area contributed by atoms with Crippen molar-refractivity contribution >= 4 is 11.5 Å². The lowest BCUT2D eigenvalue weighted by Crippen LogP contribution is -2.13. The highest BCUT2D eigenvalue weighted by Gasteiger charge is 2.02.